The van der Waals surface area contributed by atoms with E-state index >= 15 is 0 Å². The second-order valence-electron chi connectivity index (χ2n) is 12.5. The van der Waals surface area contributed by atoms with Gasteiger partial charge in [0.05, 0.1) is 0 Å². The Morgan fingerprint density at radius 1 is 1.00 bits per heavy atom. The van der Waals surface area contributed by atoms with E-state index in [4.69, 9.17) is 4.74 Å². The Hall–Kier alpha value is 0.439. The monoisotopic (exact) mass is 314 g/mol. The number of aliphatic hydroxyl groups is 1. The summed E-state index contributed by atoms with van der Waals surface area (Å²) in [5.41, 5.74) is 0.324. The zero-order valence-electron chi connectivity index (χ0n) is 11.6. The van der Waals surface area contributed by atoms with Gasteiger partial charge in [-0.25, -0.2) is 0 Å². The molecule has 11 rings (SSSR count). The van der Waals surface area contributed by atoms with Crippen molar-refractivity contribution >= 4 is 0 Å². The van der Waals surface area contributed by atoms with Crippen LogP contribution in [-0.2, 0) is 11.2 Å². The summed E-state index contributed by atoms with van der Waals surface area (Å²) in [5.74, 6) is 0. The van der Waals surface area contributed by atoms with Crippen LogP contribution in [0.15, 0.2) is 0 Å². The van der Waals surface area contributed by atoms with Crippen molar-refractivity contribution in [3.8, 4) is 0 Å². The van der Waals surface area contributed by atoms with Gasteiger partial charge in [0.15, 0.2) is 0 Å². The molecule has 20 heavy (non-hydrogen) atoms. The van der Waals surface area contributed by atoms with Crippen molar-refractivity contribution < 1.29 is 16.4 Å². The minimum atomic E-state index is -3.01. The first-order chi connectivity index (χ1) is 9.56. The molecule has 1 spiro atoms. The summed E-state index contributed by atoms with van der Waals surface area (Å²) in [4.78, 5) is 12.6. The molecule has 0 aromatic rings. The molecule has 0 amide bonds. The third-order valence-electron chi connectivity index (χ3n) is 17.2. The molecule has 5 atom stereocenters. The molecular formula is C17H22FeO2. The van der Waals surface area contributed by atoms with Gasteiger partial charge in [0.1, 0.15) is 0 Å². The first kappa shape index (κ1) is 8.34. The maximum atomic E-state index is 9.42. The van der Waals surface area contributed by atoms with E-state index in [-0.39, 0.29) is 0 Å². The summed E-state index contributed by atoms with van der Waals surface area (Å²) in [5, 5.41) is 9.42. The van der Waals surface area contributed by atoms with Gasteiger partial charge in [0.25, 0.3) is 0 Å². The van der Waals surface area contributed by atoms with Gasteiger partial charge in [-0.1, -0.05) is 0 Å². The van der Waals surface area contributed by atoms with Crippen LogP contribution in [-0.4, -0.2) is 23.9 Å². The van der Waals surface area contributed by atoms with Crippen molar-refractivity contribution in [2.24, 2.45) is 0 Å². The van der Waals surface area contributed by atoms with Crippen LogP contribution in [0.25, 0.3) is 0 Å². The number of aliphatic hydroxyl groups excluding tert-OH is 1. The van der Waals surface area contributed by atoms with Gasteiger partial charge < -0.3 is 0 Å². The molecular weight excluding hydrogens is 292 g/mol. The standard InChI is InChI=1S/C12H17O2.C5H5.Fe/c13-9-3-7-12(8-4-10-14-12)11-5-1-2-6-11;1-2-4-5-3-1;/h1-2,5-6,13H,3-4,7-10H2;1-5H;. The number of fused-ring (bicyclic) bond motifs is 10. The van der Waals surface area contributed by atoms with Crippen molar-refractivity contribution in [3.63, 3.8) is 0 Å². The molecule has 0 bridgehead atoms. The van der Waals surface area contributed by atoms with Crippen LogP contribution >= 0.6 is 0 Å². The molecule has 0 aliphatic carbocycles. The van der Waals surface area contributed by atoms with Gasteiger partial charge in [-0.05, 0) is 0 Å². The van der Waals surface area contributed by atoms with E-state index in [2.05, 4.69) is 0 Å². The zero-order chi connectivity index (χ0) is 12.5. The summed E-state index contributed by atoms with van der Waals surface area (Å²) < 4.78 is 7.58. The third-order valence-corrected chi connectivity index (χ3v) is 59.8. The van der Waals surface area contributed by atoms with Crippen LogP contribution in [0.5, 0.6) is 0 Å². The Morgan fingerprint density at radius 3 is 2.00 bits per heavy atom. The predicted molar refractivity (Wildman–Crippen MR) is 70.7 cm³/mol. The number of hydrogen-bond donors (Lipinski definition) is 1. The zero-order valence-corrected chi connectivity index (χ0v) is 12.8. The molecule has 0 saturated carbocycles. The van der Waals surface area contributed by atoms with Crippen molar-refractivity contribution in [1.29, 1.82) is 0 Å². The Labute approximate surface area is 108 Å². The second-order valence-corrected chi connectivity index (χ2v) is 36.0. The molecule has 11 aliphatic rings. The minimum absolute atomic E-state index is 0.324. The summed E-state index contributed by atoms with van der Waals surface area (Å²) >= 11 is 0. The third kappa shape index (κ3) is 0.100. The molecule has 0 aromatic heterocycles. The van der Waals surface area contributed by atoms with Crippen molar-refractivity contribution in [3.05, 3.63) is 0 Å². The average Bonchev–Trinajstić information content (AvgIpc) is 3.39. The van der Waals surface area contributed by atoms with Crippen LogP contribution in [0.4, 0.5) is 0 Å². The fraction of sp³-hybridized carbons (Fsp3) is 1.00. The maximum absolute atomic E-state index is 9.42. The molecule has 11 fully saturated rings. The topological polar surface area (TPSA) is 29.5 Å². The molecule has 2 nitrogen and oxygen atoms in total. The fourth-order valence-electron chi connectivity index (χ4n) is 19.2. The van der Waals surface area contributed by atoms with E-state index in [0.717, 1.165) is 17.3 Å². The van der Waals surface area contributed by atoms with E-state index in [1.165, 1.54) is 62.6 Å². The van der Waals surface area contributed by atoms with E-state index < -0.39 is 6.51 Å². The number of ether oxygens (including phenoxy) is 1. The average molecular weight is 314 g/mol. The van der Waals surface area contributed by atoms with Crippen molar-refractivity contribution in [1.82, 2.24) is 0 Å². The Morgan fingerprint density at radius 2 is 1.65 bits per heavy atom. The van der Waals surface area contributed by atoms with Crippen molar-refractivity contribution in [2.45, 2.75) is 78.9 Å². The molecule has 11 heterocycles. The first-order valence-electron chi connectivity index (χ1n) is 9.02. The van der Waals surface area contributed by atoms with Gasteiger partial charge in [0, 0.05) is 0 Å². The fourth-order valence-corrected chi connectivity index (χ4v) is 94.8. The normalized spacial score (nSPS) is 115. The summed E-state index contributed by atoms with van der Waals surface area (Å²) in [7, 11) is 0. The SMILES string of the molecule is OCCCC1([C]23[CH]4[CH]5[CH]6[CH]2[Fe]56432789[CH]3[CH]2[CH]7[CH]8[CH]39)CCCO1. The molecule has 1 N–H and O–H groups in total. The Kier molecular flexibility index (Phi) is 0.329. The molecule has 0 radical (unpaired) electrons. The Bertz CT molecular complexity index is 956. The van der Waals surface area contributed by atoms with E-state index in [0.29, 0.717) is 12.2 Å². The van der Waals surface area contributed by atoms with Gasteiger partial charge in [-0.3, -0.25) is 0 Å². The van der Waals surface area contributed by atoms with Gasteiger partial charge in [0.2, 0.25) is 0 Å². The summed E-state index contributed by atoms with van der Waals surface area (Å²) in [6, 6.07) is 0. The van der Waals surface area contributed by atoms with Crippen molar-refractivity contribution in [2.75, 3.05) is 13.2 Å². The quantitative estimate of drug-likeness (QED) is 0.793. The van der Waals surface area contributed by atoms with Crippen LogP contribution in [0.2, 0.25) is 47.7 Å². The summed E-state index contributed by atoms with van der Waals surface area (Å²) in [6.07, 6.45) is 4.95. The van der Waals surface area contributed by atoms with E-state index in [1.54, 1.807) is 0 Å². The van der Waals surface area contributed by atoms with Crippen LogP contribution in [0.1, 0.15) is 25.7 Å². The molecule has 11 saturated heterocycles. The van der Waals surface area contributed by atoms with Gasteiger partial charge >= 0.3 is 109 Å². The Balaban J connectivity index is 1.37. The van der Waals surface area contributed by atoms with Crippen LogP contribution in [0, 0.1) is 0 Å². The van der Waals surface area contributed by atoms with Gasteiger partial charge in [-0.2, -0.15) is 0 Å². The molecule has 0 aromatic carbocycles. The van der Waals surface area contributed by atoms with E-state index in [9.17, 15) is 5.11 Å². The first-order valence-corrected chi connectivity index (χ1v) is 15.3. The number of hydrogen-bond acceptors (Lipinski definition) is 2. The molecule has 110 valence electrons. The predicted octanol–water partition coefficient (Wildman–Crippen LogP) is 4.07. The van der Waals surface area contributed by atoms with Crippen LogP contribution < -0.4 is 0 Å². The molecule has 11 aliphatic heterocycles. The number of rotatable bonds is 4. The summed E-state index contributed by atoms with van der Waals surface area (Å²) in [6.45, 7) is -1.58. The molecule has 3 heteroatoms. The van der Waals surface area contributed by atoms with E-state index in [1.807, 2.05) is 0 Å². The van der Waals surface area contributed by atoms with Crippen LogP contribution in [0.3, 0.4) is 0 Å². The van der Waals surface area contributed by atoms with Gasteiger partial charge in [-0.15, -0.1) is 0 Å². The second kappa shape index (κ2) is 0.791. The molecule has 5 unspecified atom stereocenters.